The zero-order valence-corrected chi connectivity index (χ0v) is 18.7. The standard InChI is InChI=1S/C22H27BrN2O4/c1-14-20(15(2)26)22(17-9-8-10-18(13-17)25(28)29)21(16(3)27)19(24-14)11-6-4-5-7-12-23/h8-10,13,22,24H,4-7,11-12H2,1-3H3. The summed E-state index contributed by atoms with van der Waals surface area (Å²) in [5.41, 5.74) is 3.07. The van der Waals surface area contributed by atoms with Crippen LogP contribution >= 0.6 is 15.9 Å². The smallest absolute Gasteiger partial charge is 0.269 e. The Bertz CT molecular complexity index is 873. The number of ketones is 2. The molecule has 0 bridgehead atoms. The molecule has 0 amide bonds. The SMILES string of the molecule is CC(=O)C1=C(C)NC(CCCCCCBr)=C(C(C)=O)C1c1cccc([N+](=O)[O-])c1. The Labute approximate surface area is 179 Å². The van der Waals surface area contributed by atoms with Crippen LogP contribution in [0, 0.1) is 10.1 Å². The number of hydrogen-bond acceptors (Lipinski definition) is 5. The van der Waals surface area contributed by atoms with Gasteiger partial charge >= 0.3 is 0 Å². The summed E-state index contributed by atoms with van der Waals surface area (Å²) in [5, 5.41) is 15.5. The van der Waals surface area contributed by atoms with E-state index in [0.717, 1.165) is 36.7 Å². The molecule has 1 N–H and O–H groups in total. The van der Waals surface area contributed by atoms with Crippen LogP contribution in [0.1, 0.15) is 64.4 Å². The summed E-state index contributed by atoms with van der Waals surface area (Å²) in [6, 6.07) is 6.22. The van der Waals surface area contributed by atoms with Crippen LogP contribution in [0.5, 0.6) is 0 Å². The largest absolute Gasteiger partial charge is 0.362 e. The number of allylic oxidation sites excluding steroid dienone is 4. The number of nitrogens with zero attached hydrogens (tertiary/aromatic N) is 1. The normalized spacial score (nSPS) is 16.6. The van der Waals surface area contributed by atoms with Crippen molar-refractivity contribution in [2.45, 2.75) is 58.8 Å². The van der Waals surface area contributed by atoms with Gasteiger partial charge in [-0.05, 0) is 45.6 Å². The zero-order chi connectivity index (χ0) is 21.6. The second kappa shape index (κ2) is 10.5. The number of nitro benzene ring substituents is 1. The van der Waals surface area contributed by atoms with Crippen molar-refractivity contribution in [2.75, 3.05) is 5.33 Å². The first kappa shape index (κ1) is 23.0. The third-order valence-electron chi connectivity index (χ3n) is 5.13. The molecule has 6 nitrogen and oxygen atoms in total. The van der Waals surface area contributed by atoms with Gasteiger partial charge in [0.1, 0.15) is 0 Å². The molecule has 29 heavy (non-hydrogen) atoms. The van der Waals surface area contributed by atoms with Gasteiger partial charge in [-0.2, -0.15) is 0 Å². The average molecular weight is 463 g/mol. The van der Waals surface area contributed by atoms with Crippen molar-refractivity contribution in [3.63, 3.8) is 0 Å². The molecule has 1 atom stereocenters. The van der Waals surface area contributed by atoms with Crippen molar-refractivity contribution < 1.29 is 14.5 Å². The highest BCUT2D eigenvalue weighted by Crippen LogP contribution is 2.40. The Kier molecular flexibility index (Phi) is 8.32. The summed E-state index contributed by atoms with van der Waals surface area (Å²) in [4.78, 5) is 35.9. The maximum Gasteiger partial charge on any atom is 0.269 e. The minimum absolute atomic E-state index is 0.0548. The van der Waals surface area contributed by atoms with E-state index in [1.54, 1.807) is 12.1 Å². The lowest BCUT2D eigenvalue weighted by Crippen LogP contribution is -2.31. The van der Waals surface area contributed by atoms with Gasteiger partial charge in [0, 0.05) is 45.9 Å². The third kappa shape index (κ3) is 5.63. The molecule has 0 aliphatic carbocycles. The first-order valence-corrected chi connectivity index (χ1v) is 10.9. The second-order valence-electron chi connectivity index (χ2n) is 7.31. The lowest BCUT2D eigenvalue weighted by molar-refractivity contribution is -0.384. The molecule has 1 heterocycles. The van der Waals surface area contributed by atoms with Crippen LogP contribution in [0.15, 0.2) is 46.8 Å². The van der Waals surface area contributed by atoms with Crippen molar-refractivity contribution >= 4 is 33.2 Å². The predicted molar refractivity (Wildman–Crippen MR) is 117 cm³/mol. The van der Waals surface area contributed by atoms with Gasteiger partial charge in [-0.3, -0.25) is 19.7 Å². The van der Waals surface area contributed by atoms with E-state index in [4.69, 9.17) is 0 Å². The van der Waals surface area contributed by atoms with Crippen molar-refractivity contribution in [2.24, 2.45) is 0 Å². The number of dihydropyridines is 1. The topological polar surface area (TPSA) is 89.3 Å². The number of nitro groups is 1. The molecule has 1 unspecified atom stereocenters. The minimum atomic E-state index is -0.594. The van der Waals surface area contributed by atoms with E-state index >= 15 is 0 Å². The number of unbranched alkanes of at least 4 members (excludes halogenated alkanes) is 3. The van der Waals surface area contributed by atoms with Gasteiger partial charge < -0.3 is 5.32 Å². The fourth-order valence-corrected chi connectivity index (χ4v) is 4.27. The Morgan fingerprint density at radius 3 is 2.34 bits per heavy atom. The van der Waals surface area contributed by atoms with E-state index in [1.807, 2.05) is 6.92 Å². The Morgan fingerprint density at radius 1 is 1.10 bits per heavy atom. The summed E-state index contributed by atoms with van der Waals surface area (Å²) >= 11 is 3.43. The van der Waals surface area contributed by atoms with Crippen LogP contribution in [0.25, 0.3) is 0 Å². The van der Waals surface area contributed by atoms with E-state index in [2.05, 4.69) is 21.2 Å². The number of nitrogens with one attached hydrogen (secondary N) is 1. The van der Waals surface area contributed by atoms with Crippen molar-refractivity contribution in [3.05, 3.63) is 62.5 Å². The van der Waals surface area contributed by atoms with E-state index in [-0.39, 0.29) is 17.3 Å². The molecule has 0 radical (unpaired) electrons. The predicted octanol–water partition coefficient (Wildman–Crippen LogP) is 5.33. The quantitative estimate of drug-likeness (QED) is 0.219. The molecule has 1 aliphatic heterocycles. The number of carbonyl (C=O) groups excluding carboxylic acids is 2. The Hall–Kier alpha value is -2.28. The van der Waals surface area contributed by atoms with Crippen LogP contribution in [0.2, 0.25) is 0 Å². The fourth-order valence-electron chi connectivity index (χ4n) is 3.88. The number of Topliss-reactive ketones (excluding diaryl/α,β-unsaturated/α-hetero) is 2. The third-order valence-corrected chi connectivity index (χ3v) is 5.69. The monoisotopic (exact) mass is 462 g/mol. The average Bonchev–Trinajstić information content (AvgIpc) is 2.66. The van der Waals surface area contributed by atoms with Crippen LogP contribution in [0.4, 0.5) is 5.69 Å². The number of carbonyl (C=O) groups is 2. The summed E-state index contributed by atoms with van der Waals surface area (Å²) in [6.45, 7) is 4.78. The van der Waals surface area contributed by atoms with Gasteiger partial charge in [-0.25, -0.2) is 0 Å². The van der Waals surface area contributed by atoms with Gasteiger partial charge in [-0.15, -0.1) is 0 Å². The number of alkyl halides is 1. The summed E-state index contributed by atoms with van der Waals surface area (Å²) in [5.74, 6) is -0.874. The molecule has 1 aliphatic rings. The zero-order valence-electron chi connectivity index (χ0n) is 17.1. The van der Waals surface area contributed by atoms with Gasteiger partial charge in [-0.1, -0.05) is 40.9 Å². The highest BCUT2D eigenvalue weighted by Gasteiger charge is 2.35. The first-order chi connectivity index (χ1) is 13.8. The number of hydrogen-bond donors (Lipinski definition) is 1. The van der Waals surface area contributed by atoms with Crippen LogP contribution in [-0.2, 0) is 9.59 Å². The molecule has 1 aromatic carbocycles. The van der Waals surface area contributed by atoms with E-state index in [0.29, 0.717) is 28.8 Å². The van der Waals surface area contributed by atoms with Crippen LogP contribution < -0.4 is 5.32 Å². The lowest BCUT2D eigenvalue weighted by Gasteiger charge is -2.31. The molecule has 0 saturated carbocycles. The molecule has 7 heteroatoms. The van der Waals surface area contributed by atoms with Crippen LogP contribution in [-0.4, -0.2) is 21.8 Å². The Morgan fingerprint density at radius 2 is 1.76 bits per heavy atom. The number of rotatable bonds is 10. The maximum atomic E-state index is 12.6. The molecular weight excluding hydrogens is 436 g/mol. The molecule has 1 aromatic rings. The molecule has 0 aromatic heterocycles. The van der Waals surface area contributed by atoms with E-state index < -0.39 is 10.8 Å². The van der Waals surface area contributed by atoms with Gasteiger partial charge in [0.25, 0.3) is 5.69 Å². The molecule has 0 spiro atoms. The fraction of sp³-hybridized carbons (Fsp3) is 0.455. The Balaban J connectivity index is 2.51. The number of benzene rings is 1. The second-order valence-corrected chi connectivity index (χ2v) is 8.10. The first-order valence-electron chi connectivity index (χ1n) is 9.81. The van der Waals surface area contributed by atoms with Gasteiger partial charge in [0.2, 0.25) is 0 Å². The van der Waals surface area contributed by atoms with Gasteiger partial charge in [0.15, 0.2) is 11.6 Å². The molecule has 0 saturated heterocycles. The van der Waals surface area contributed by atoms with Crippen molar-refractivity contribution in [1.82, 2.24) is 5.32 Å². The highest BCUT2D eigenvalue weighted by atomic mass is 79.9. The maximum absolute atomic E-state index is 12.6. The van der Waals surface area contributed by atoms with Crippen LogP contribution in [0.3, 0.4) is 0 Å². The van der Waals surface area contributed by atoms with Gasteiger partial charge in [0.05, 0.1) is 4.92 Å². The number of halogens is 1. The van der Waals surface area contributed by atoms with E-state index in [9.17, 15) is 19.7 Å². The summed E-state index contributed by atoms with van der Waals surface area (Å²) in [7, 11) is 0. The van der Waals surface area contributed by atoms with Crippen molar-refractivity contribution in [3.8, 4) is 0 Å². The van der Waals surface area contributed by atoms with Crippen molar-refractivity contribution in [1.29, 1.82) is 0 Å². The molecule has 156 valence electrons. The summed E-state index contributed by atoms with van der Waals surface area (Å²) in [6.07, 6.45) is 4.89. The van der Waals surface area contributed by atoms with E-state index in [1.165, 1.54) is 26.0 Å². The highest BCUT2D eigenvalue weighted by molar-refractivity contribution is 9.09. The summed E-state index contributed by atoms with van der Waals surface area (Å²) < 4.78 is 0. The molecule has 2 rings (SSSR count). The molecular formula is C22H27BrN2O4. The molecule has 0 fully saturated rings. The number of non-ortho nitro benzene ring substituents is 1. The lowest BCUT2D eigenvalue weighted by atomic mass is 9.77. The minimum Gasteiger partial charge on any atom is -0.362 e.